The van der Waals surface area contributed by atoms with Crippen molar-refractivity contribution in [3.63, 3.8) is 0 Å². The van der Waals surface area contributed by atoms with Crippen LogP contribution in [0.1, 0.15) is 39.2 Å². The first kappa shape index (κ1) is 28.3. The first-order valence-electron chi connectivity index (χ1n) is 11.6. The van der Waals surface area contributed by atoms with Crippen LogP contribution in [0.25, 0.3) is 0 Å². The molecule has 0 aromatic heterocycles. The van der Waals surface area contributed by atoms with E-state index in [0.717, 1.165) is 32.7 Å². The summed E-state index contributed by atoms with van der Waals surface area (Å²) < 4.78 is 41.6. The van der Waals surface area contributed by atoms with Gasteiger partial charge in [-0.25, -0.2) is 8.70 Å². The molecule has 0 saturated heterocycles. The van der Waals surface area contributed by atoms with Crippen LogP contribution >= 0.6 is 0 Å². The molecule has 35 heavy (non-hydrogen) atoms. The normalized spacial score (nSPS) is 13.2. The third-order valence-corrected chi connectivity index (χ3v) is 7.54. The maximum Gasteiger partial charge on any atom is 0.304 e. The molecule has 0 aliphatic carbocycles. The van der Waals surface area contributed by atoms with E-state index >= 15 is 0 Å². The smallest absolute Gasteiger partial charge is 0.304 e. The molecule has 0 radical (unpaired) electrons. The number of nitrogens with one attached hydrogen (secondary N) is 1. The van der Waals surface area contributed by atoms with Gasteiger partial charge in [-0.1, -0.05) is 44.2 Å². The zero-order chi connectivity index (χ0) is 26.2. The molecule has 10 heteroatoms. The Hall–Kier alpha value is -2.98. The minimum Gasteiger partial charge on any atom is -0.352 e. The molecule has 0 heterocycles. The van der Waals surface area contributed by atoms with Gasteiger partial charge in [-0.3, -0.25) is 9.59 Å². The first-order valence-corrected chi connectivity index (χ1v) is 13.0. The Morgan fingerprint density at radius 3 is 2.09 bits per heavy atom. The average molecular weight is 507 g/mol. The summed E-state index contributed by atoms with van der Waals surface area (Å²) in [4.78, 5) is 28.2. The lowest BCUT2D eigenvalue weighted by Gasteiger charge is -2.34. The number of halogens is 1. The SMILES string of the molecule is CCC(C)NC(=O)C(CC)N(Cc1ccccc1)C(=O)CN(c1ccc(F)cc1)S(=O)(=O)N(C)C. The molecule has 8 nitrogen and oxygen atoms in total. The number of rotatable bonds is 12. The largest absolute Gasteiger partial charge is 0.352 e. The van der Waals surface area contributed by atoms with Crippen molar-refractivity contribution in [2.45, 2.75) is 52.2 Å². The summed E-state index contributed by atoms with van der Waals surface area (Å²) in [5, 5.41) is 2.93. The molecule has 0 spiro atoms. The molecule has 2 unspecified atom stereocenters. The molecule has 0 bridgehead atoms. The Bertz CT molecular complexity index is 1080. The number of benzene rings is 2. The van der Waals surface area contributed by atoms with Crippen LogP contribution in [0.2, 0.25) is 0 Å². The number of carbonyl (C=O) groups excluding carboxylic acids is 2. The lowest BCUT2D eigenvalue weighted by Crippen LogP contribution is -2.54. The van der Waals surface area contributed by atoms with Crippen LogP contribution in [0.4, 0.5) is 10.1 Å². The van der Waals surface area contributed by atoms with Gasteiger partial charge in [-0.2, -0.15) is 12.7 Å². The van der Waals surface area contributed by atoms with Crippen molar-refractivity contribution in [2.75, 3.05) is 24.9 Å². The molecule has 0 fully saturated rings. The maximum absolute atomic E-state index is 13.7. The number of hydrogen-bond acceptors (Lipinski definition) is 4. The van der Waals surface area contributed by atoms with E-state index < -0.39 is 34.5 Å². The van der Waals surface area contributed by atoms with Crippen LogP contribution in [0.3, 0.4) is 0 Å². The Morgan fingerprint density at radius 2 is 1.57 bits per heavy atom. The van der Waals surface area contributed by atoms with Gasteiger partial charge in [-0.05, 0) is 49.6 Å². The number of carbonyl (C=O) groups is 2. The molecule has 2 amide bonds. The molecule has 192 valence electrons. The number of anilines is 1. The van der Waals surface area contributed by atoms with Crippen LogP contribution in [0.5, 0.6) is 0 Å². The lowest BCUT2D eigenvalue weighted by molar-refractivity contribution is -0.140. The van der Waals surface area contributed by atoms with Gasteiger partial charge in [0.25, 0.3) is 0 Å². The quantitative estimate of drug-likeness (QED) is 0.479. The highest BCUT2D eigenvalue weighted by molar-refractivity contribution is 7.90. The highest BCUT2D eigenvalue weighted by Gasteiger charge is 2.34. The summed E-state index contributed by atoms with van der Waals surface area (Å²) in [5.41, 5.74) is 0.949. The second-order valence-electron chi connectivity index (χ2n) is 8.52. The Kier molecular flexibility index (Phi) is 10.2. The molecule has 0 aliphatic heterocycles. The zero-order valence-electron chi connectivity index (χ0n) is 20.9. The van der Waals surface area contributed by atoms with Crippen molar-refractivity contribution in [3.8, 4) is 0 Å². The van der Waals surface area contributed by atoms with Crippen LogP contribution < -0.4 is 9.62 Å². The van der Waals surface area contributed by atoms with E-state index in [2.05, 4.69) is 5.32 Å². The summed E-state index contributed by atoms with van der Waals surface area (Å²) in [5.74, 6) is -1.37. The molecule has 2 aromatic rings. The number of amides is 2. The van der Waals surface area contributed by atoms with Crippen LogP contribution in [-0.4, -0.2) is 62.2 Å². The summed E-state index contributed by atoms with van der Waals surface area (Å²) in [6.07, 6.45) is 1.08. The van der Waals surface area contributed by atoms with E-state index in [1.807, 2.05) is 44.2 Å². The van der Waals surface area contributed by atoms with E-state index in [1.54, 1.807) is 6.92 Å². The van der Waals surface area contributed by atoms with E-state index in [-0.39, 0.29) is 24.2 Å². The Balaban J connectivity index is 2.47. The van der Waals surface area contributed by atoms with E-state index in [4.69, 9.17) is 0 Å². The molecule has 2 atom stereocenters. The molecule has 0 saturated carbocycles. The Morgan fingerprint density at radius 1 is 0.971 bits per heavy atom. The maximum atomic E-state index is 13.7. The van der Waals surface area contributed by atoms with Gasteiger partial charge >= 0.3 is 10.2 Å². The molecular formula is C25H35FN4O4S. The molecular weight excluding hydrogens is 471 g/mol. The number of hydrogen-bond donors (Lipinski definition) is 1. The van der Waals surface area contributed by atoms with Gasteiger partial charge in [0.1, 0.15) is 18.4 Å². The second kappa shape index (κ2) is 12.6. The van der Waals surface area contributed by atoms with Crippen molar-refractivity contribution in [1.82, 2.24) is 14.5 Å². The van der Waals surface area contributed by atoms with E-state index in [0.29, 0.717) is 6.42 Å². The highest BCUT2D eigenvalue weighted by atomic mass is 32.2. The van der Waals surface area contributed by atoms with E-state index in [9.17, 15) is 22.4 Å². The molecule has 0 aliphatic rings. The van der Waals surface area contributed by atoms with Gasteiger partial charge < -0.3 is 10.2 Å². The fraction of sp³-hybridized carbons (Fsp3) is 0.440. The van der Waals surface area contributed by atoms with Crippen molar-refractivity contribution < 1.29 is 22.4 Å². The predicted molar refractivity (Wildman–Crippen MR) is 135 cm³/mol. The molecule has 2 aromatic carbocycles. The van der Waals surface area contributed by atoms with Gasteiger partial charge in [0.15, 0.2) is 0 Å². The monoisotopic (exact) mass is 506 g/mol. The summed E-state index contributed by atoms with van der Waals surface area (Å²) in [7, 11) is -1.38. The topological polar surface area (TPSA) is 90.0 Å². The minimum atomic E-state index is -4.09. The standard InChI is InChI=1S/C25H35FN4O4S/c1-6-19(3)27-25(32)23(7-2)29(17-20-11-9-8-10-12-20)24(31)18-30(35(33,34)28(4)5)22-15-13-21(26)14-16-22/h8-16,19,23H,6-7,17-18H2,1-5H3,(H,27,32). The van der Waals surface area contributed by atoms with Gasteiger partial charge in [0.05, 0.1) is 5.69 Å². The highest BCUT2D eigenvalue weighted by Crippen LogP contribution is 2.22. The minimum absolute atomic E-state index is 0.0740. The average Bonchev–Trinajstić information content (AvgIpc) is 2.83. The van der Waals surface area contributed by atoms with Crippen molar-refractivity contribution in [1.29, 1.82) is 0 Å². The van der Waals surface area contributed by atoms with Gasteiger partial charge in [0.2, 0.25) is 11.8 Å². The fourth-order valence-corrected chi connectivity index (χ4v) is 4.52. The fourth-order valence-electron chi connectivity index (χ4n) is 3.46. The first-order chi connectivity index (χ1) is 16.5. The third-order valence-electron chi connectivity index (χ3n) is 5.72. The zero-order valence-corrected chi connectivity index (χ0v) is 21.8. The van der Waals surface area contributed by atoms with Crippen molar-refractivity contribution in [2.24, 2.45) is 0 Å². The second-order valence-corrected chi connectivity index (χ2v) is 10.6. The lowest BCUT2D eigenvalue weighted by atomic mass is 10.1. The van der Waals surface area contributed by atoms with Gasteiger partial charge in [0, 0.05) is 26.7 Å². The van der Waals surface area contributed by atoms with Crippen LogP contribution in [0.15, 0.2) is 54.6 Å². The summed E-state index contributed by atoms with van der Waals surface area (Å²) in [6, 6.07) is 13.2. The third kappa shape index (κ3) is 7.50. The van der Waals surface area contributed by atoms with Crippen molar-refractivity contribution >= 4 is 27.7 Å². The Labute approximate surface area is 207 Å². The van der Waals surface area contributed by atoms with Gasteiger partial charge in [-0.15, -0.1) is 0 Å². The van der Waals surface area contributed by atoms with E-state index in [1.165, 1.54) is 31.1 Å². The number of nitrogens with zero attached hydrogens (tertiary/aromatic N) is 3. The van der Waals surface area contributed by atoms with Crippen molar-refractivity contribution in [3.05, 3.63) is 66.0 Å². The van der Waals surface area contributed by atoms with Crippen LogP contribution in [0, 0.1) is 5.82 Å². The molecule has 2 rings (SSSR count). The predicted octanol–water partition coefficient (Wildman–Crippen LogP) is 3.16. The van der Waals surface area contributed by atoms with Crippen LogP contribution in [-0.2, 0) is 26.3 Å². The summed E-state index contributed by atoms with van der Waals surface area (Å²) >= 11 is 0. The molecule has 1 N–H and O–H groups in total. The summed E-state index contributed by atoms with van der Waals surface area (Å²) in [6.45, 7) is 5.22.